The second-order valence-corrected chi connectivity index (χ2v) is 2.08. The van der Waals surface area contributed by atoms with E-state index in [0.29, 0.717) is 0 Å². The molecular weight excluding hydrogens is 147 g/mol. The van der Waals surface area contributed by atoms with Crippen molar-refractivity contribution in [3.8, 4) is 6.01 Å². The SMILES string of the molecule is F.Oc1nc2ccccc2[nH]1. The van der Waals surface area contributed by atoms with Gasteiger partial charge in [0, 0.05) is 0 Å². The number of nitrogens with one attached hydrogen (secondary N) is 1. The second-order valence-electron chi connectivity index (χ2n) is 2.08. The molecule has 4 heteroatoms. The molecule has 11 heavy (non-hydrogen) atoms. The van der Waals surface area contributed by atoms with Crippen LogP contribution < -0.4 is 0 Å². The average Bonchev–Trinajstić information content (AvgIpc) is 2.27. The van der Waals surface area contributed by atoms with Crippen molar-refractivity contribution in [1.29, 1.82) is 0 Å². The van der Waals surface area contributed by atoms with Gasteiger partial charge in [0.25, 0.3) is 6.01 Å². The van der Waals surface area contributed by atoms with Gasteiger partial charge in [-0.25, -0.2) is 0 Å². The standard InChI is InChI=1S/C7H6N2O.FH/c10-7-8-5-3-1-2-4-6(5)9-7;/h1-4H,(H2,8,9,10);1H. The number of hydrogen-bond acceptors (Lipinski definition) is 2. The van der Waals surface area contributed by atoms with Gasteiger partial charge in [0.05, 0.1) is 11.0 Å². The van der Waals surface area contributed by atoms with Crippen LogP contribution in [0.2, 0.25) is 0 Å². The summed E-state index contributed by atoms with van der Waals surface area (Å²) in [6, 6.07) is 7.44. The van der Waals surface area contributed by atoms with Crippen molar-refractivity contribution < 1.29 is 9.81 Å². The van der Waals surface area contributed by atoms with Crippen molar-refractivity contribution in [3.63, 3.8) is 0 Å². The Morgan fingerprint density at radius 2 is 2.00 bits per heavy atom. The number of benzene rings is 1. The Morgan fingerprint density at radius 3 is 2.73 bits per heavy atom. The van der Waals surface area contributed by atoms with E-state index >= 15 is 0 Å². The first-order valence-corrected chi connectivity index (χ1v) is 3.00. The van der Waals surface area contributed by atoms with Crippen LogP contribution in [0.1, 0.15) is 0 Å². The van der Waals surface area contributed by atoms with Crippen molar-refractivity contribution in [2.24, 2.45) is 0 Å². The van der Waals surface area contributed by atoms with Gasteiger partial charge in [0.1, 0.15) is 0 Å². The molecule has 0 aliphatic rings. The molecule has 1 heterocycles. The number of imidazole rings is 1. The Bertz CT molecular complexity index is 325. The summed E-state index contributed by atoms with van der Waals surface area (Å²) in [5.41, 5.74) is 1.65. The average molecular weight is 154 g/mol. The van der Waals surface area contributed by atoms with E-state index in [2.05, 4.69) is 9.97 Å². The summed E-state index contributed by atoms with van der Waals surface area (Å²) in [4.78, 5) is 6.52. The fourth-order valence-corrected chi connectivity index (χ4v) is 0.939. The third-order valence-electron chi connectivity index (χ3n) is 1.38. The first-order chi connectivity index (χ1) is 4.86. The summed E-state index contributed by atoms with van der Waals surface area (Å²) >= 11 is 0. The van der Waals surface area contributed by atoms with Crippen LogP contribution in [0.4, 0.5) is 4.70 Å². The predicted octanol–water partition coefficient (Wildman–Crippen LogP) is 1.42. The van der Waals surface area contributed by atoms with Gasteiger partial charge in [0.2, 0.25) is 0 Å². The predicted molar refractivity (Wildman–Crippen MR) is 40.3 cm³/mol. The molecule has 0 amide bonds. The molecule has 0 spiro atoms. The van der Waals surface area contributed by atoms with Crippen molar-refractivity contribution >= 4 is 11.0 Å². The molecule has 0 radical (unpaired) electrons. The molecule has 0 saturated heterocycles. The van der Waals surface area contributed by atoms with Crippen LogP contribution in [-0.2, 0) is 0 Å². The summed E-state index contributed by atoms with van der Waals surface area (Å²) in [5.74, 6) is 0. The number of H-pyrrole nitrogens is 1. The number of hydrogen-bond donors (Lipinski definition) is 2. The Morgan fingerprint density at radius 1 is 1.27 bits per heavy atom. The van der Waals surface area contributed by atoms with Crippen LogP contribution in [0.3, 0.4) is 0 Å². The van der Waals surface area contributed by atoms with E-state index in [1.165, 1.54) is 0 Å². The molecule has 1 aromatic carbocycles. The van der Waals surface area contributed by atoms with E-state index in [4.69, 9.17) is 5.11 Å². The summed E-state index contributed by atoms with van der Waals surface area (Å²) in [7, 11) is 0. The van der Waals surface area contributed by atoms with Gasteiger partial charge in [-0.2, -0.15) is 4.98 Å². The van der Waals surface area contributed by atoms with Crippen molar-refractivity contribution in [1.82, 2.24) is 9.97 Å². The van der Waals surface area contributed by atoms with Crippen LogP contribution in [0.5, 0.6) is 6.01 Å². The van der Waals surface area contributed by atoms with Crippen molar-refractivity contribution in [2.45, 2.75) is 0 Å². The first kappa shape index (κ1) is 7.53. The minimum Gasteiger partial charge on any atom is -0.480 e. The highest BCUT2D eigenvalue weighted by Gasteiger charge is 1.96. The summed E-state index contributed by atoms with van der Waals surface area (Å²) in [5, 5.41) is 8.89. The Labute approximate surface area is 62.1 Å². The molecule has 0 saturated carbocycles. The number of halogens is 1. The topological polar surface area (TPSA) is 48.9 Å². The fourth-order valence-electron chi connectivity index (χ4n) is 0.939. The lowest BCUT2D eigenvalue weighted by atomic mass is 10.3. The lowest BCUT2D eigenvalue weighted by Crippen LogP contribution is -1.63. The molecule has 0 fully saturated rings. The van der Waals surface area contributed by atoms with Crippen LogP contribution in [0, 0.1) is 0 Å². The van der Waals surface area contributed by atoms with Gasteiger partial charge in [-0.05, 0) is 12.1 Å². The van der Waals surface area contributed by atoms with Gasteiger partial charge in [-0.1, -0.05) is 12.1 Å². The normalized spacial score (nSPS) is 9.45. The zero-order valence-corrected chi connectivity index (χ0v) is 5.61. The fraction of sp³-hybridized carbons (Fsp3) is 0. The molecule has 0 unspecified atom stereocenters. The molecule has 0 aliphatic heterocycles. The second kappa shape index (κ2) is 2.57. The maximum absolute atomic E-state index is 8.89. The molecule has 2 aromatic rings. The molecule has 2 rings (SSSR count). The molecular formula is C7H7FN2O. The Kier molecular flexibility index (Phi) is 1.76. The maximum atomic E-state index is 8.89. The monoisotopic (exact) mass is 154 g/mol. The number of aromatic amines is 1. The highest BCUT2D eigenvalue weighted by Crippen LogP contribution is 2.12. The number of fused-ring (bicyclic) bond motifs is 1. The maximum Gasteiger partial charge on any atom is 0.292 e. The van der Waals surface area contributed by atoms with E-state index in [1.807, 2.05) is 24.3 Å². The van der Waals surface area contributed by atoms with Gasteiger partial charge < -0.3 is 10.1 Å². The lowest BCUT2D eigenvalue weighted by Gasteiger charge is -1.80. The Hall–Kier alpha value is -1.58. The van der Waals surface area contributed by atoms with Crippen LogP contribution in [-0.4, -0.2) is 15.1 Å². The quantitative estimate of drug-likeness (QED) is 0.602. The smallest absolute Gasteiger partial charge is 0.292 e. The van der Waals surface area contributed by atoms with Gasteiger partial charge in [-0.15, -0.1) is 0 Å². The third kappa shape index (κ3) is 1.14. The van der Waals surface area contributed by atoms with E-state index in [9.17, 15) is 0 Å². The van der Waals surface area contributed by atoms with Gasteiger partial charge in [-0.3, -0.25) is 4.70 Å². The highest BCUT2D eigenvalue weighted by molar-refractivity contribution is 5.75. The highest BCUT2D eigenvalue weighted by atomic mass is 19.0. The molecule has 58 valence electrons. The number of aromatic nitrogens is 2. The Balaban J connectivity index is 0.000000605. The molecule has 3 nitrogen and oxygen atoms in total. The molecule has 0 atom stereocenters. The number of nitrogens with zero attached hydrogens (tertiary/aromatic N) is 1. The first-order valence-electron chi connectivity index (χ1n) is 3.00. The van der Waals surface area contributed by atoms with Crippen molar-refractivity contribution in [3.05, 3.63) is 24.3 Å². The summed E-state index contributed by atoms with van der Waals surface area (Å²) in [6.07, 6.45) is 0. The van der Waals surface area contributed by atoms with Gasteiger partial charge >= 0.3 is 0 Å². The van der Waals surface area contributed by atoms with E-state index < -0.39 is 0 Å². The van der Waals surface area contributed by atoms with E-state index in [0.717, 1.165) is 11.0 Å². The van der Waals surface area contributed by atoms with E-state index in [1.54, 1.807) is 0 Å². The largest absolute Gasteiger partial charge is 0.480 e. The van der Waals surface area contributed by atoms with Gasteiger partial charge in [0.15, 0.2) is 0 Å². The summed E-state index contributed by atoms with van der Waals surface area (Å²) < 4.78 is 0. The minimum atomic E-state index is -0.0267. The third-order valence-corrected chi connectivity index (χ3v) is 1.38. The van der Waals surface area contributed by atoms with Crippen LogP contribution >= 0.6 is 0 Å². The van der Waals surface area contributed by atoms with E-state index in [-0.39, 0.29) is 10.7 Å². The number of rotatable bonds is 0. The van der Waals surface area contributed by atoms with Crippen LogP contribution in [0.15, 0.2) is 24.3 Å². The lowest BCUT2D eigenvalue weighted by molar-refractivity contribution is 0.438. The van der Waals surface area contributed by atoms with Crippen molar-refractivity contribution in [2.75, 3.05) is 0 Å². The molecule has 2 N–H and O–H groups in total. The minimum absolute atomic E-state index is 0. The molecule has 1 aromatic heterocycles. The zero-order valence-electron chi connectivity index (χ0n) is 5.61. The summed E-state index contributed by atoms with van der Waals surface area (Å²) in [6.45, 7) is 0. The number of para-hydroxylation sites is 2. The van der Waals surface area contributed by atoms with Crippen LogP contribution in [0.25, 0.3) is 11.0 Å². The zero-order chi connectivity index (χ0) is 6.97. The molecule has 0 bridgehead atoms. The molecule has 0 aliphatic carbocycles. The number of aromatic hydroxyl groups is 1.